The summed E-state index contributed by atoms with van der Waals surface area (Å²) >= 11 is 3.38. The van der Waals surface area contributed by atoms with Gasteiger partial charge in [-0.25, -0.2) is 13.4 Å². The van der Waals surface area contributed by atoms with Crippen molar-refractivity contribution in [2.75, 3.05) is 36.4 Å². The highest BCUT2D eigenvalue weighted by Crippen LogP contribution is 2.46. The zero-order valence-electron chi connectivity index (χ0n) is 22.5. The van der Waals surface area contributed by atoms with E-state index in [1.165, 1.54) is 18.3 Å². The molecule has 0 heterocycles. The number of Topliss-reactive ketones (excluding diaryl/α,β-unsaturated/α-hetero) is 1. The summed E-state index contributed by atoms with van der Waals surface area (Å²) in [5, 5.41) is 12.5. The maximum absolute atomic E-state index is 12.9. The second-order valence-electron chi connectivity index (χ2n) is 9.52. The first-order valence-electron chi connectivity index (χ1n) is 12.6. The van der Waals surface area contributed by atoms with Crippen LogP contribution >= 0.6 is 15.9 Å². The van der Waals surface area contributed by atoms with Gasteiger partial charge in [0, 0.05) is 42.1 Å². The van der Waals surface area contributed by atoms with Crippen LogP contribution in [0.15, 0.2) is 45.9 Å². The Morgan fingerprint density at radius 3 is 2.40 bits per heavy atom. The summed E-state index contributed by atoms with van der Waals surface area (Å²) in [5.41, 5.74) is 8.84. The van der Waals surface area contributed by atoms with Crippen LogP contribution in [0.25, 0.3) is 0 Å². The third kappa shape index (κ3) is 7.75. The first kappa shape index (κ1) is 31.0. The SMILES string of the molecule is CNC(=O)C(=Nc1ccc(Br)cc1)c1cc(C2CC2)c(N(CCCNC(=O)C(C=N)C(C)=O)S(C)(=O)=O)cc1N. The van der Waals surface area contributed by atoms with E-state index in [1.807, 2.05) is 0 Å². The van der Waals surface area contributed by atoms with Gasteiger partial charge in [0.25, 0.3) is 5.91 Å². The summed E-state index contributed by atoms with van der Waals surface area (Å²) in [4.78, 5) is 41.1. The van der Waals surface area contributed by atoms with Gasteiger partial charge >= 0.3 is 0 Å². The fourth-order valence-corrected chi connectivity index (χ4v) is 5.39. The molecule has 5 N–H and O–H groups in total. The topological polar surface area (TPSA) is 175 Å². The number of carbonyl (C=O) groups is 3. The van der Waals surface area contributed by atoms with Gasteiger partial charge < -0.3 is 21.8 Å². The minimum absolute atomic E-state index is 0.0439. The van der Waals surface area contributed by atoms with Crippen LogP contribution < -0.4 is 20.7 Å². The number of hydrogen-bond acceptors (Lipinski definition) is 8. The number of benzene rings is 2. The molecule has 40 heavy (non-hydrogen) atoms. The standard InChI is InChI=1S/C27H33BrN6O5S/c1-16(35)22(15-29)26(36)32-11-4-12-34(40(3,38)39)24-14-23(30)21(13-20(24)17-5-6-17)25(27(37)31-2)33-19-9-7-18(28)8-10-19/h7-10,13-15,17,22,29H,4-6,11-12,30H2,1-3H3,(H,31,37)(H,32,36). The number of halogens is 1. The van der Waals surface area contributed by atoms with Gasteiger partial charge in [0.2, 0.25) is 15.9 Å². The van der Waals surface area contributed by atoms with Gasteiger partial charge in [0.05, 0.1) is 17.6 Å². The molecule has 0 radical (unpaired) electrons. The van der Waals surface area contributed by atoms with E-state index in [0.29, 0.717) is 16.9 Å². The minimum Gasteiger partial charge on any atom is -0.398 e. The van der Waals surface area contributed by atoms with Crippen molar-refractivity contribution in [3.05, 3.63) is 52.0 Å². The van der Waals surface area contributed by atoms with Crippen molar-refractivity contribution in [2.24, 2.45) is 10.9 Å². The smallest absolute Gasteiger partial charge is 0.270 e. The number of nitrogen functional groups attached to an aromatic ring is 1. The number of nitrogens with one attached hydrogen (secondary N) is 3. The number of aliphatic imine (C=N–C) groups is 1. The van der Waals surface area contributed by atoms with Gasteiger partial charge in [-0.3, -0.25) is 18.7 Å². The van der Waals surface area contributed by atoms with Crippen LogP contribution in [-0.2, 0) is 24.4 Å². The molecule has 0 spiro atoms. The van der Waals surface area contributed by atoms with E-state index in [4.69, 9.17) is 11.1 Å². The number of carbonyl (C=O) groups excluding carboxylic acids is 3. The molecule has 0 saturated heterocycles. The molecule has 2 amide bonds. The molecule has 11 nitrogen and oxygen atoms in total. The van der Waals surface area contributed by atoms with Crippen molar-refractivity contribution in [2.45, 2.75) is 32.1 Å². The lowest BCUT2D eigenvalue weighted by molar-refractivity contribution is -0.130. The van der Waals surface area contributed by atoms with Crippen molar-refractivity contribution < 1.29 is 22.8 Å². The molecule has 0 bridgehead atoms. The van der Waals surface area contributed by atoms with E-state index in [1.54, 1.807) is 36.4 Å². The average molecular weight is 634 g/mol. The molecule has 214 valence electrons. The molecule has 2 aromatic rings. The van der Waals surface area contributed by atoms with Crippen LogP contribution in [0.2, 0.25) is 0 Å². The van der Waals surface area contributed by atoms with E-state index in [0.717, 1.165) is 35.3 Å². The van der Waals surface area contributed by atoms with Crippen LogP contribution in [0.5, 0.6) is 0 Å². The van der Waals surface area contributed by atoms with Crippen molar-refractivity contribution in [3.8, 4) is 0 Å². The number of nitrogens with zero attached hydrogens (tertiary/aromatic N) is 2. The van der Waals surface area contributed by atoms with Crippen LogP contribution in [0.4, 0.5) is 17.1 Å². The number of rotatable bonds is 13. The van der Waals surface area contributed by atoms with Gasteiger partial charge in [-0.15, -0.1) is 0 Å². The lowest BCUT2D eigenvalue weighted by Gasteiger charge is -2.26. The first-order valence-corrected chi connectivity index (χ1v) is 15.3. The summed E-state index contributed by atoms with van der Waals surface area (Å²) in [5.74, 6) is -2.56. The first-order chi connectivity index (χ1) is 18.9. The Labute approximate surface area is 242 Å². The highest BCUT2D eigenvalue weighted by molar-refractivity contribution is 9.10. The Hall–Kier alpha value is -3.58. The summed E-state index contributed by atoms with van der Waals surface area (Å²) in [6, 6.07) is 10.4. The maximum atomic E-state index is 12.9. The van der Waals surface area contributed by atoms with Crippen LogP contribution in [-0.4, -0.2) is 64.3 Å². The zero-order valence-corrected chi connectivity index (χ0v) is 24.9. The number of nitrogens with two attached hydrogens (primary N) is 1. The van der Waals surface area contributed by atoms with Gasteiger partial charge in [-0.2, -0.15) is 0 Å². The quantitative estimate of drug-likeness (QED) is 0.114. The van der Waals surface area contributed by atoms with Gasteiger partial charge in [-0.1, -0.05) is 15.9 Å². The highest BCUT2D eigenvalue weighted by atomic mass is 79.9. The van der Waals surface area contributed by atoms with E-state index in [9.17, 15) is 22.8 Å². The van der Waals surface area contributed by atoms with E-state index < -0.39 is 33.5 Å². The Morgan fingerprint density at radius 2 is 1.88 bits per heavy atom. The summed E-state index contributed by atoms with van der Waals surface area (Å²) < 4.78 is 27.9. The third-order valence-corrected chi connectivity index (χ3v) is 8.08. The van der Waals surface area contributed by atoms with Crippen molar-refractivity contribution in [1.82, 2.24) is 10.6 Å². The fourth-order valence-electron chi connectivity index (χ4n) is 4.15. The van der Waals surface area contributed by atoms with Crippen molar-refractivity contribution in [1.29, 1.82) is 5.41 Å². The Morgan fingerprint density at radius 1 is 1.23 bits per heavy atom. The Kier molecular flexibility index (Phi) is 10.2. The number of hydrogen-bond donors (Lipinski definition) is 4. The number of anilines is 2. The normalized spacial score (nSPS) is 14.2. The second-order valence-corrected chi connectivity index (χ2v) is 12.3. The fraction of sp³-hybridized carbons (Fsp3) is 0.370. The van der Waals surface area contributed by atoms with Gasteiger partial charge in [-0.05, 0) is 74.1 Å². The second kappa shape index (κ2) is 13.2. The highest BCUT2D eigenvalue weighted by Gasteiger charge is 2.32. The number of sulfonamides is 1. The molecule has 1 aliphatic carbocycles. The molecule has 1 unspecified atom stereocenters. The van der Waals surface area contributed by atoms with Crippen molar-refractivity contribution >= 4 is 72.5 Å². The lowest BCUT2D eigenvalue weighted by Crippen LogP contribution is -2.38. The number of amides is 2. The van der Waals surface area contributed by atoms with Crippen LogP contribution in [0.1, 0.15) is 43.2 Å². The predicted octanol–water partition coefficient (Wildman–Crippen LogP) is 2.90. The van der Waals surface area contributed by atoms with Crippen molar-refractivity contribution in [3.63, 3.8) is 0 Å². The number of likely N-dealkylation sites (N-methyl/N-ethyl adjacent to an activating group) is 1. The Balaban J connectivity index is 1.96. The van der Waals surface area contributed by atoms with E-state index >= 15 is 0 Å². The number of ketones is 1. The molecule has 1 saturated carbocycles. The molecule has 1 aliphatic rings. The molecule has 0 aromatic heterocycles. The molecule has 2 aromatic carbocycles. The molecule has 0 aliphatic heterocycles. The van der Waals surface area contributed by atoms with Crippen LogP contribution in [0.3, 0.4) is 0 Å². The molecular weight excluding hydrogens is 600 g/mol. The molecule has 1 fully saturated rings. The zero-order chi connectivity index (χ0) is 29.6. The van der Waals surface area contributed by atoms with Crippen LogP contribution in [0, 0.1) is 11.3 Å². The molecule has 13 heteroatoms. The third-order valence-electron chi connectivity index (χ3n) is 6.37. The molecular formula is C27H33BrN6O5S. The van der Waals surface area contributed by atoms with E-state index in [-0.39, 0.29) is 36.8 Å². The minimum atomic E-state index is -3.74. The summed E-state index contributed by atoms with van der Waals surface area (Å²) in [6.07, 6.45) is 3.85. The largest absolute Gasteiger partial charge is 0.398 e. The molecule has 1 atom stereocenters. The van der Waals surface area contributed by atoms with Gasteiger partial charge in [0.1, 0.15) is 17.4 Å². The summed E-state index contributed by atoms with van der Waals surface area (Å²) in [6.45, 7) is 1.38. The van der Waals surface area contributed by atoms with E-state index in [2.05, 4.69) is 31.6 Å². The Bertz CT molecular complexity index is 1440. The molecule has 3 rings (SSSR count). The van der Waals surface area contributed by atoms with Gasteiger partial charge in [0.15, 0.2) is 0 Å². The predicted molar refractivity (Wildman–Crippen MR) is 160 cm³/mol. The lowest BCUT2D eigenvalue weighted by atomic mass is 9.98. The average Bonchev–Trinajstić information content (AvgIpc) is 3.73. The monoisotopic (exact) mass is 632 g/mol. The summed E-state index contributed by atoms with van der Waals surface area (Å²) in [7, 11) is -2.25. The maximum Gasteiger partial charge on any atom is 0.270 e.